The first-order chi connectivity index (χ1) is 7.00. The largest absolute Gasteiger partial charge is 0.0882 e. The first-order valence-corrected chi connectivity index (χ1v) is 5.60. The lowest BCUT2D eigenvalue weighted by Crippen LogP contribution is -1.70. The zero-order chi connectivity index (χ0) is 9.90. The molecule has 76 valence electrons. The quantitative estimate of drug-likeness (QED) is 0.489. The first-order valence-electron chi connectivity index (χ1n) is 5.60. The second-order valence-corrected chi connectivity index (χ2v) is 3.51. The smallest absolute Gasteiger partial charge is 0.0169 e. The van der Waals surface area contributed by atoms with Gasteiger partial charge in [-0.3, -0.25) is 0 Å². The molecule has 0 aromatic carbocycles. The van der Waals surface area contributed by atoms with Crippen LogP contribution in [0.3, 0.4) is 0 Å². The molecule has 0 saturated heterocycles. The Labute approximate surface area is 87.7 Å². The number of hydrogen-bond donors (Lipinski definition) is 0. The van der Waals surface area contributed by atoms with Crippen molar-refractivity contribution in [2.75, 3.05) is 0 Å². The van der Waals surface area contributed by atoms with Gasteiger partial charge in [-0.05, 0) is 38.5 Å². The Bertz CT molecular complexity index is 204. The van der Waals surface area contributed by atoms with Gasteiger partial charge in [-0.2, -0.15) is 0 Å². The van der Waals surface area contributed by atoms with Crippen molar-refractivity contribution in [1.29, 1.82) is 0 Å². The molecule has 0 aliphatic heterocycles. The van der Waals surface area contributed by atoms with E-state index in [0.717, 1.165) is 12.8 Å². The van der Waals surface area contributed by atoms with Gasteiger partial charge in [0.05, 0.1) is 0 Å². The second kappa shape index (κ2) is 8.55. The molecule has 0 heterocycles. The predicted molar refractivity (Wildman–Crippen MR) is 64.3 cm³/mol. The molecule has 1 rings (SSSR count). The molecule has 0 aromatic heterocycles. The van der Waals surface area contributed by atoms with Crippen LogP contribution in [0.4, 0.5) is 0 Å². The minimum absolute atomic E-state index is 1.08. The molecule has 0 bridgehead atoms. The van der Waals surface area contributed by atoms with Crippen molar-refractivity contribution in [1.82, 2.24) is 0 Å². The lowest BCUT2D eigenvalue weighted by atomic mass is 10.2. The van der Waals surface area contributed by atoms with Crippen LogP contribution in [-0.2, 0) is 0 Å². The molecule has 1 aliphatic carbocycles. The van der Waals surface area contributed by atoms with E-state index in [1.807, 2.05) is 0 Å². The summed E-state index contributed by atoms with van der Waals surface area (Å²) in [5, 5.41) is 0. The summed E-state index contributed by atoms with van der Waals surface area (Å²) < 4.78 is 0. The fourth-order valence-corrected chi connectivity index (χ4v) is 1.40. The highest BCUT2D eigenvalue weighted by Gasteiger charge is 1.80. The standard InChI is InChI=1S/C14H20/c1-2-4-6-8-10-12-14-13-11-9-7-5-3-1/h1-2,5-8,13-14H,3-4,9-12H2/b2-1?,7-5+,8-6+,14-13+. The summed E-state index contributed by atoms with van der Waals surface area (Å²) in [6.07, 6.45) is 25.0. The fraction of sp³-hybridized carbons (Fsp3) is 0.429. The van der Waals surface area contributed by atoms with Crippen LogP contribution in [-0.4, -0.2) is 0 Å². The van der Waals surface area contributed by atoms with Gasteiger partial charge < -0.3 is 0 Å². The van der Waals surface area contributed by atoms with Crippen LogP contribution in [0.15, 0.2) is 48.6 Å². The molecule has 0 aromatic rings. The van der Waals surface area contributed by atoms with Crippen LogP contribution in [0, 0.1) is 0 Å². The van der Waals surface area contributed by atoms with Gasteiger partial charge in [0.25, 0.3) is 0 Å². The summed E-state index contributed by atoms with van der Waals surface area (Å²) in [4.78, 5) is 0. The third-order valence-corrected chi connectivity index (χ3v) is 2.21. The number of hydrogen-bond acceptors (Lipinski definition) is 0. The topological polar surface area (TPSA) is 0 Å². The van der Waals surface area contributed by atoms with E-state index in [1.54, 1.807) is 0 Å². The first kappa shape index (κ1) is 11.0. The maximum Gasteiger partial charge on any atom is -0.0169 e. The van der Waals surface area contributed by atoms with Crippen molar-refractivity contribution in [3.63, 3.8) is 0 Å². The fourth-order valence-electron chi connectivity index (χ4n) is 1.40. The van der Waals surface area contributed by atoms with E-state index < -0.39 is 0 Å². The van der Waals surface area contributed by atoms with Crippen molar-refractivity contribution in [2.24, 2.45) is 0 Å². The lowest BCUT2D eigenvalue weighted by molar-refractivity contribution is 0.997. The average Bonchev–Trinajstić information content (AvgIpc) is 2.22. The highest BCUT2D eigenvalue weighted by atomic mass is 13.9. The molecule has 0 spiro atoms. The molecule has 1 aliphatic rings. The van der Waals surface area contributed by atoms with Crippen LogP contribution < -0.4 is 0 Å². The van der Waals surface area contributed by atoms with Crippen molar-refractivity contribution in [3.8, 4) is 0 Å². The SMILES string of the molecule is C1=CC/C=C/CC/C=C/CC/C=C/C1. The Hall–Kier alpha value is -1.04. The molecule has 0 saturated carbocycles. The summed E-state index contributed by atoms with van der Waals surface area (Å²) in [5.74, 6) is 0. The Morgan fingerprint density at radius 1 is 0.357 bits per heavy atom. The molecular formula is C14H20. The molecule has 0 N–H and O–H groups in total. The van der Waals surface area contributed by atoms with E-state index in [0.29, 0.717) is 0 Å². The second-order valence-electron chi connectivity index (χ2n) is 3.51. The van der Waals surface area contributed by atoms with E-state index in [9.17, 15) is 0 Å². The maximum atomic E-state index is 2.29. The summed E-state index contributed by atoms with van der Waals surface area (Å²) in [7, 11) is 0. The third kappa shape index (κ3) is 6.47. The highest BCUT2D eigenvalue weighted by Crippen LogP contribution is 2.01. The van der Waals surface area contributed by atoms with Crippen LogP contribution in [0.2, 0.25) is 0 Å². The zero-order valence-corrected chi connectivity index (χ0v) is 8.86. The van der Waals surface area contributed by atoms with E-state index in [-0.39, 0.29) is 0 Å². The van der Waals surface area contributed by atoms with Gasteiger partial charge in [-0.15, -0.1) is 0 Å². The van der Waals surface area contributed by atoms with Crippen molar-refractivity contribution >= 4 is 0 Å². The molecule has 0 radical (unpaired) electrons. The minimum atomic E-state index is 1.08. The molecule has 0 heteroatoms. The summed E-state index contributed by atoms with van der Waals surface area (Å²) in [6, 6.07) is 0. The Morgan fingerprint density at radius 2 is 0.643 bits per heavy atom. The van der Waals surface area contributed by atoms with Crippen LogP contribution >= 0.6 is 0 Å². The maximum absolute atomic E-state index is 2.29. The third-order valence-electron chi connectivity index (χ3n) is 2.21. The van der Waals surface area contributed by atoms with Crippen LogP contribution in [0.5, 0.6) is 0 Å². The van der Waals surface area contributed by atoms with Gasteiger partial charge >= 0.3 is 0 Å². The summed E-state index contributed by atoms with van der Waals surface area (Å²) in [6.45, 7) is 0. The van der Waals surface area contributed by atoms with E-state index in [4.69, 9.17) is 0 Å². The van der Waals surface area contributed by atoms with E-state index in [1.165, 1.54) is 25.7 Å². The number of allylic oxidation sites excluding steroid dienone is 8. The van der Waals surface area contributed by atoms with Gasteiger partial charge in [0, 0.05) is 0 Å². The molecule has 0 atom stereocenters. The van der Waals surface area contributed by atoms with E-state index >= 15 is 0 Å². The molecule has 0 amide bonds. The predicted octanol–water partition coefficient (Wildman–Crippen LogP) is 4.57. The molecular weight excluding hydrogens is 168 g/mol. The van der Waals surface area contributed by atoms with Crippen molar-refractivity contribution in [2.45, 2.75) is 38.5 Å². The van der Waals surface area contributed by atoms with Crippen molar-refractivity contribution in [3.05, 3.63) is 48.6 Å². The van der Waals surface area contributed by atoms with Crippen LogP contribution in [0.1, 0.15) is 38.5 Å². The highest BCUT2D eigenvalue weighted by molar-refractivity contribution is 4.99. The van der Waals surface area contributed by atoms with Gasteiger partial charge in [-0.25, -0.2) is 0 Å². The van der Waals surface area contributed by atoms with Gasteiger partial charge in [-0.1, -0.05) is 48.6 Å². The average molecular weight is 188 g/mol. The monoisotopic (exact) mass is 188 g/mol. The lowest BCUT2D eigenvalue weighted by Gasteiger charge is -1.90. The van der Waals surface area contributed by atoms with Crippen LogP contribution in [0.25, 0.3) is 0 Å². The number of rotatable bonds is 0. The normalized spacial score (nSPS) is 26.3. The molecule has 14 heavy (non-hydrogen) atoms. The minimum Gasteiger partial charge on any atom is -0.0882 e. The zero-order valence-electron chi connectivity index (χ0n) is 8.86. The Morgan fingerprint density at radius 3 is 1.07 bits per heavy atom. The molecule has 0 unspecified atom stereocenters. The van der Waals surface area contributed by atoms with E-state index in [2.05, 4.69) is 48.6 Å². The van der Waals surface area contributed by atoms with Gasteiger partial charge in [0.1, 0.15) is 0 Å². The summed E-state index contributed by atoms with van der Waals surface area (Å²) >= 11 is 0. The summed E-state index contributed by atoms with van der Waals surface area (Å²) in [5.41, 5.74) is 0. The Balaban J connectivity index is 2.34. The molecule has 0 nitrogen and oxygen atoms in total. The molecule has 0 fully saturated rings. The van der Waals surface area contributed by atoms with Gasteiger partial charge in [0.15, 0.2) is 0 Å². The van der Waals surface area contributed by atoms with Gasteiger partial charge in [0.2, 0.25) is 0 Å². The Kier molecular flexibility index (Phi) is 6.74. The van der Waals surface area contributed by atoms with Crippen molar-refractivity contribution < 1.29 is 0 Å².